The summed E-state index contributed by atoms with van der Waals surface area (Å²) in [5, 5.41) is 0. The molecule has 2 amide bonds. The Hall–Kier alpha value is -2.28. The highest BCUT2D eigenvalue weighted by Gasteiger charge is 2.15. The molecule has 0 bridgehead atoms. The van der Waals surface area contributed by atoms with Gasteiger partial charge in [0.2, 0.25) is 0 Å². The highest BCUT2D eigenvalue weighted by molar-refractivity contribution is 5.96. The van der Waals surface area contributed by atoms with Gasteiger partial charge in [0.25, 0.3) is 11.8 Å². The predicted octanol–water partition coefficient (Wildman–Crippen LogP) is -0.135. The number of hydrogen-bond donors (Lipinski definition) is 2. The van der Waals surface area contributed by atoms with E-state index in [-0.39, 0.29) is 6.61 Å². The van der Waals surface area contributed by atoms with Gasteiger partial charge in [-0.2, -0.15) is 0 Å². The van der Waals surface area contributed by atoms with Crippen LogP contribution in [-0.2, 0) is 9.53 Å². The standard InChI is InChI=1S/C12H14N2O5/c1-17-7-11(15)13-14-12(16)8-2-3-9-10(6-8)19-5-4-18-9/h2-3,6H,4-5,7H2,1H3,(H,13,15)(H,14,16). The van der Waals surface area contributed by atoms with E-state index < -0.39 is 11.8 Å². The molecule has 1 aliphatic heterocycles. The number of carbonyl (C=O) groups is 2. The summed E-state index contributed by atoms with van der Waals surface area (Å²) in [5.74, 6) is 0.239. The molecule has 0 radical (unpaired) electrons. The van der Waals surface area contributed by atoms with Gasteiger partial charge < -0.3 is 14.2 Å². The summed E-state index contributed by atoms with van der Waals surface area (Å²) < 4.78 is 15.3. The van der Waals surface area contributed by atoms with Gasteiger partial charge in [0, 0.05) is 12.7 Å². The molecule has 7 nitrogen and oxygen atoms in total. The van der Waals surface area contributed by atoms with E-state index in [1.165, 1.54) is 7.11 Å². The van der Waals surface area contributed by atoms with E-state index in [4.69, 9.17) is 9.47 Å². The smallest absolute Gasteiger partial charge is 0.269 e. The maximum atomic E-state index is 11.8. The van der Waals surface area contributed by atoms with E-state index in [2.05, 4.69) is 15.6 Å². The van der Waals surface area contributed by atoms with Crippen molar-refractivity contribution in [3.63, 3.8) is 0 Å². The van der Waals surface area contributed by atoms with Crippen LogP contribution in [0, 0.1) is 0 Å². The molecule has 0 aliphatic carbocycles. The summed E-state index contributed by atoms with van der Waals surface area (Å²) in [6.07, 6.45) is 0. The number of amides is 2. The first-order chi connectivity index (χ1) is 9.20. The van der Waals surface area contributed by atoms with Gasteiger partial charge in [-0.15, -0.1) is 0 Å². The van der Waals surface area contributed by atoms with Gasteiger partial charge >= 0.3 is 0 Å². The quantitative estimate of drug-likeness (QED) is 0.744. The molecule has 2 N–H and O–H groups in total. The Kier molecular flexibility index (Phi) is 4.19. The van der Waals surface area contributed by atoms with Crippen molar-refractivity contribution >= 4 is 11.8 Å². The van der Waals surface area contributed by atoms with Crippen LogP contribution in [0.2, 0.25) is 0 Å². The third-order valence-corrected chi connectivity index (χ3v) is 2.40. The molecule has 0 saturated heterocycles. The second kappa shape index (κ2) is 6.05. The van der Waals surface area contributed by atoms with Crippen LogP contribution < -0.4 is 20.3 Å². The van der Waals surface area contributed by atoms with Crippen molar-refractivity contribution in [3.05, 3.63) is 23.8 Å². The Morgan fingerprint density at radius 1 is 1.21 bits per heavy atom. The highest BCUT2D eigenvalue weighted by atomic mass is 16.6. The number of carbonyl (C=O) groups excluding carboxylic acids is 2. The fourth-order valence-corrected chi connectivity index (χ4v) is 1.55. The van der Waals surface area contributed by atoms with Crippen LogP contribution in [0.1, 0.15) is 10.4 Å². The van der Waals surface area contributed by atoms with E-state index >= 15 is 0 Å². The molecule has 0 unspecified atom stereocenters. The van der Waals surface area contributed by atoms with Gasteiger partial charge in [0.15, 0.2) is 11.5 Å². The molecule has 0 spiro atoms. The molecule has 1 aliphatic rings. The Balaban J connectivity index is 1.97. The fraction of sp³-hybridized carbons (Fsp3) is 0.333. The van der Waals surface area contributed by atoms with Crippen LogP contribution in [0.3, 0.4) is 0 Å². The Labute approximate surface area is 109 Å². The molecule has 0 fully saturated rings. The first-order valence-corrected chi connectivity index (χ1v) is 5.68. The number of fused-ring (bicyclic) bond motifs is 1. The molecule has 1 heterocycles. The van der Waals surface area contributed by atoms with Crippen LogP contribution in [-0.4, -0.2) is 38.7 Å². The summed E-state index contributed by atoms with van der Waals surface area (Å²) in [6, 6.07) is 4.80. The zero-order valence-electron chi connectivity index (χ0n) is 10.4. The van der Waals surface area contributed by atoms with E-state index in [1.54, 1.807) is 18.2 Å². The van der Waals surface area contributed by atoms with E-state index in [9.17, 15) is 9.59 Å². The highest BCUT2D eigenvalue weighted by Crippen LogP contribution is 2.30. The number of hydrazine groups is 1. The largest absolute Gasteiger partial charge is 0.486 e. The van der Waals surface area contributed by atoms with Crippen LogP contribution in [0.25, 0.3) is 0 Å². The Bertz CT molecular complexity index is 489. The van der Waals surface area contributed by atoms with Gasteiger partial charge in [-0.1, -0.05) is 0 Å². The molecule has 7 heteroatoms. The maximum Gasteiger partial charge on any atom is 0.269 e. The van der Waals surface area contributed by atoms with E-state index in [0.717, 1.165) is 0 Å². The average Bonchev–Trinajstić information content (AvgIpc) is 2.44. The molecule has 19 heavy (non-hydrogen) atoms. The molecule has 0 aromatic heterocycles. The van der Waals surface area contributed by atoms with Crippen molar-refractivity contribution in [2.75, 3.05) is 26.9 Å². The van der Waals surface area contributed by atoms with Crippen LogP contribution >= 0.6 is 0 Å². The summed E-state index contributed by atoms with van der Waals surface area (Å²) in [5.41, 5.74) is 4.86. The van der Waals surface area contributed by atoms with Crippen molar-refractivity contribution in [2.24, 2.45) is 0 Å². The zero-order chi connectivity index (χ0) is 13.7. The fourth-order valence-electron chi connectivity index (χ4n) is 1.55. The van der Waals surface area contributed by atoms with E-state index in [0.29, 0.717) is 30.3 Å². The molecular weight excluding hydrogens is 252 g/mol. The summed E-state index contributed by atoms with van der Waals surface area (Å²) >= 11 is 0. The van der Waals surface area contributed by atoms with Crippen LogP contribution in [0.4, 0.5) is 0 Å². The lowest BCUT2D eigenvalue weighted by Gasteiger charge is -2.18. The second-order valence-corrected chi connectivity index (χ2v) is 3.79. The van der Waals surface area contributed by atoms with Gasteiger partial charge in [0.1, 0.15) is 19.8 Å². The van der Waals surface area contributed by atoms with E-state index in [1.807, 2.05) is 0 Å². The van der Waals surface area contributed by atoms with Crippen molar-refractivity contribution in [2.45, 2.75) is 0 Å². The molecular formula is C12H14N2O5. The molecule has 0 saturated carbocycles. The summed E-state index contributed by atoms with van der Waals surface area (Å²) in [4.78, 5) is 22.9. The lowest BCUT2D eigenvalue weighted by atomic mass is 10.2. The lowest BCUT2D eigenvalue weighted by Crippen LogP contribution is -2.43. The molecule has 102 valence electrons. The Morgan fingerprint density at radius 3 is 2.68 bits per heavy atom. The molecule has 2 rings (SSSR count). The first kappa shape index (κ1) is 13.2. The Morgan fingerprint density at radius 2 is 1.95 bits per heavy atom. The lowest BCUT2D eigenvalue weighted by molar-refractivity contribution is -0.125. The number of methoxy groups -OCH3 is 1. The average molecular weight is 266 g/mol. The van der Waals surface area contributed by atoms with Crippen molar-refractivity contribution in [3.8, 4) is 11.5 Å². The number of hydrogen-bond acceptors (Lipinski definition) is 5. The monoisotopic (exact) mass is 266 g/mol. The van der Waals surface area contributed by atoms with Crippen LogP contribution in [0.5, 0.6) is 11.5 Å². The molecule has 1 aromatic rings. The minimum atomic E-state index is -0.443. The SMILES string of the molecule is COCC(=O)NNC(=O)c1ccc2c(c1)OCCO2. The van der Waals surface area contributed by atoms with Gasteiger partial charge in [-0.25, -0.2) is 0 Å². The summed E-state index contributed by atoms with van der Waals surface area (Å²) in [7, 11) is 1.39. The first-order valence-electron chi connectivity index (χ1n) is 5.68. The van der Waals surface area contributed by atoms with Gasteiger partial charge in [0.05, 0.1) is 0 Å². The number of benzene rings is 1. The van der Waals surface area contributed by atoms with Crippen molar-refractivity contribution in [1.29, 1.82) is 0 Å². The predicted molar refractivity (Wildman–Crippen MR) is 64.9 cm³/mol. The van der Waals surface area contributed by atoms with Crippen molar-refractivity contribution < 1.29 is 23.8 Å². The normalized spacial score (nSPS) is 12.7. The number of ether oxygens (including phenoxy) is 3. The molecule has 1 aromatic carbocycles. The van der Waals surface area contributed by atoms with Gasteiger partial charge in [-0.05, 0) is 18.2 Å². The molecule has 0 atom stereocenters. The minimum Gasteiger partial charge on any atom is -0.486 e. The topological polar surface area (TPSA) is 85.9 Å². The van der Waals surface area contributed by atoms with Crippen molar-refractivity contribution in [1.82, 2.24) is 10.9 Å². The third kappa shape index (κ3) is 3.35. The second-order valence-electron chi connectivity index (χ2n) is 3.79. The minimum absolute atomic E-state index is 0.124. The summed E-state index contributed by atoms with van der Waals surface area (Å²) in [6.45, 7) is 0.815. The number of rotatable bonds is 3. The van der Waals surface area contributed by atoms with Gasteiger partial charge in [-0.3, -0.25) is 20.4 Å². The zero-order valence-corrected chi connectivity index (χ0v) is 10.4. The number of nitrogens with one attached hydrogen (secondary N) is 2. The van der Waals surface area contributed by atoms with Crippen LogP contribution in [0.15, 0.2) is 18.2 Å². The maximum absolute atomic E-state index is 11.8. The third-order valence-electron chi connectivity index (χ3n) is 2.40.